The van der Waals surface area contributed by atoms with Crippen LogP contribution < -0.4 is 9.80 Å². The third-order valence-corrected chi connectivity index (χ3v) is 5.54. The van der Waals surface area contributed by atoms with E-state index in [0.29, 0.717) is 5.56 Å². The van der Waals surface area contributed by atoms with Crippen molar-refractivity contribution in [2.24, 2.45) is 0 Å². The molecule has 0 N–H and O–H groups in total. The van der Waals surface area contributed by atoms with Crippen molar-refractivity contribution >= 4 is 17.3 Å². The highest BCUT2D eigenvalue weighted by Gasteiger charge is 2.23. The van der Waals surface area contributed by atoms with Gasteiger partial charge in [-0.15, -0.1) is 0 Å². The summed E-state index contributed by atoms with van der Waals surface area (Å²) >= 11 is 0. The molecule has 5 rings (SSSR count). The minimum atomic E-state index is 0.601. The Bertz CT molecular complexity index is 1080. The first-order valence-corrected chi connectivity index (χ1v) is 9.62. The smallest absolute Gasteiger partial charge is 0.131 e. The van der Waals surface area contributed by atoms with Crippen molar-refractivity contribution in [3.8, 4) is 6.07 Å². The third-order valence-electron chi connectivity index (χ3n) is 5.54. The number of hydrogen-bond donors (Lipinski definition) is 0. The van der Waals surface area contributed by atoms with Crippen LogP contribution in [0.1, 0.15) is 28.8 Å². The normalized spacial score (nSPS) is 15.7. The van der Waals surface area contributed by atoms with E-state index in [4.69, 9.17) is 10.2 Å². The van der Waals surface area contributed by atoms with Gasteiger partial charge in [0.25, 0.3) is 0 Å². The molecule has 5 heterocycles. The van der Waals surface area contributed by atoms with E-state index in [9.17, 15) is 0 Å². The summed E-state index contributed by atoms with van der Waals surface area (Å²) in [6.45, 7) is 5.63. The minimum absolute atomic E-state index is 0.601. The minimum Gasteiger partial charge on any atom is -0.352 e. The topological polar surface area (TPSA) is 73.9 Å². The standard InChI is InChI=1S/C21H21N7/c1-15-9-16(11-22)12-24-21(15)26-8-4-19-17(14-26)10-18(13-23-19)27-6-2-7-28-20(27)3-5-25-28/h3,5,9-10,12-13H,2,4,6-8,14H2,1H3. The van der Waals surface area contributed by atoms with Gasteiger partial charge in [-0.25, -0.2) is 9.67 Å². The number of aryl methyl sites for hydroxylation is 2. The Morgan fingerprint density at radius 1 is 1.11 bits per heavy atom. The van der Waals surface area contributed by atoms with Crippen LogP contribution in [0.3, 0.4) is 0 Å². The van der Waals surface area contributed by atoms with E-state index in [0.717, 1.165) is 67.6 Å². The van der Waals surface area contributed by atoms with Crippen molar-refractivity contribution in [1.82, 2.24) is 19.7 Å². The zero-order valence-electron chi connectivity index (χ0n) is 15.8. The van der Waals surface area contributed by atoms with Crippen molar-refractivity contribution in [2.45, 2.75) is 32.9 Å². The summed E-state index contributed by atoms with van der Waals surface area (Å²) in [5.74, 6) is 2.08. The monoisotopic (exact) mass is 371 g/mol. The Labute approximate surface area is 163 Å². The van der Waals surface area contributed by atoms with Crippen LogP contribution in [0, 0.1) is 18.3 Å². The number of fused-ring (bicyclic) bond motifs is 2. The van der Waals surface area contributed by atoms with Crippen LogP contribution in [0.5, 0.6) is 0 Å². The fraction of sp³-hybridized carbons (Fsp3) is 0.333. The van der Waals surface area contributed by atoms with Crippen molar-refractivity contribution < 1.29 is 0 Å². The van der Waals surface area contributed by atoms with E-state index in [-0.39, 0.29) is 0 Å². The van der Waals surface area contributed by atoms with E-state index in [1.54, 1.807) is 6.20 Å². The Kier molecular flexibility index (Phi) is 3.97. The molecule has 28 heavy (non-hydrogen) atoms. The molecule has 140 valence electrons. The molecule has 3 aromatic rings. The molecule has 0 unspecified atom stereocenters. The van der Waals surface area contributed by atoms with Crippen molar-refractivity contribution in [2.75, 3.05) is 22.9 Å². The lowest BCUT2D eigenvalue weighted by molar-refractivity contribution is 0.541. The molecule has 2 aliphatic rings. The Morgan fingerprint density at radius 3 is 2.89 bits per heavy atom. The highest BCUT2D eigenvalue weighted by Crippen LogP contribution is 2.32. The summed E-state index contributed by atoms with van der Waals surface area (Å²) in [6, 6.07) is 8.39. The van der Waals surface area contributed by atoms with Crippen molar-refractivity contribution in [3.05, 3.63) is 59.2 Å². The number of rotatable bonds is 2. The summed E-state index contributed by atoms with van der Waals surface area (Å²) in [7, 11) is 0. The van der Waals surface area contributed by atoms with Gasteiger partial charge in [-0.1, -0.05) is 0 Å². The lowest BCUT2D eigenvalue weighted by Gasteiger charge is -2.33. The highest BCUT2D eigenvalue weighted by atomic mass is 15.4. The zero-order chi connectivity index (χ0) is 19.1. The molecule has 0 bridgehead atoms. The van der Waals surface area contributed by atoms with Crippen LogP contribution in [0.4, 0.5) is 17.3 Å². The van der Waals surface area contributed by atoms with Gasteiger partial charge in [-0.3, -0.25) is 4.98 Å². The average molecular weight is 371 g/mol. The molecule has 3 aromatic heterocycles. The molecule has 0 saturated heterocycles. The number of nitrogens with zero attached hydrogens (tertiary/aromatic N) is 7. The van der Waals surface area contributed by atoms with E-state index >= 15 is 0 Å². The largest absolute Gasteiger partial charge is 0.352 e. The molecule has 0 aliphatic carbocycles. The average Bonchev–Trinajstić information content (AvgIpc) is 3.22. The second-order valence-corrected chi connectivity index (χ2v) is 7.36. The van der Waals surface area contributed by atoms with Crippen LogP contribution in [-0.4, -0.2) is 32.8 Å². The van der Waals surface area contributed by atoms with Crippen LogP contribution >= 0.6 is 0 Å². The summed E-state index contributed by atoms with van der Waals surface area (Å²) in [5.41, 5.74) is 5.16. The number of nitriles is 1. The maximum atomic E-state index is 9.08. The predicted molar refractivity (Wildman–Crippen MR) is 107 cm³/mol. The van der Waals surface area contributed by atoms with Gasteiger partial charge in [0.05, 0.1) is 23.6 Å². The predicted octanol–water partition coefficient (Wildman–Crippen LogP) is 2.96. The molecule has 7 nitrogen and oxygen atoms in total. The summed E-state index contributed by atoms with van der Waals surface area (Å²) in [5, 5.41) is 13.5. The molecule has 0 saturated carbocycles. The van der Waals surface area contributed by atoms with E-state index < -0.39 is 0 Å². The molecular weight excluding hydrogens is 350 g/mol. The molecular formula is C21H21N7. The Balaban J connectivity index is 1.45. The van der Waals surface area contributed by atoms with Gasteiger partial charge in [0, 0.05) is 50.6 Å². The first-order chi connectivity index (χ1) is 13.7. The van der Waals surface area contributed by atoms with E-state index in [2.05, 4.69) is 42.8 Å². The van der Waals surface area contributed by atoms with Gasteiger partial charge >= 0.3 is 0 Å². The van der Waals surface area contributed by atoms with Crippen LogP contribution in [0.25, 0.3) is 0 Å². The van der Waals surface area contributed by atoms with Crippen LogP contribution in [-0.2, 0) is 19.5 Å². The summed E-state index contributed by atoms with van der Waals surface area (Å²) in [4.78, 5) is 13.9. The number of pyridine rings is 2. The number of hydrogen-bond acceptors (Lipinski definition) is 6. The van der Waals surface area contributed by atoms with Gasteiger partial charge in [-0.2, -0.15) is 10.4 Å². The first kappa shape index (κ1) is 16.8. The molecule has 0 atom stereocenters. The lowest BCUT2D eigenvalue weighted by Crippen LogP contribution is -2.33. The maximum Gasteiger partial charge on any atom is 0.131 e. The second kappa shape index (κ2) is 6.64. The number of anilines is 3. The Morgan fingerprint density at radius 2 is 2.04 bits per heavy atom. The summed E-state index contributed by atoms with van der Waals surface area (Å²) < 4.78 is 2.05. The lowest BCUT2D eigenvalue weighted by atomic mass is 10.0. The van der Waals surface area contributed by atoms with Crippen LogP contribution in [0.2, 0.25) is 0 Å². The van der Waals surface area contributed by atoms with Crippen molar-refractivity contribution in [1.29, 1.82) is 5.26 Å². The molecule has 2 aliphatic heterocycles. The maximum absolute atomic E-state index is 9.08. The SMILES string of the molecule is Cc1cc(C#N)cnc1N1CCc2ncc(N3CCCn4nccc43)cc2C1. The zero-order valence-corrected chi connectivity index (χ0v) is 15.8. The van der Waals surface area contributed by atoms with Gasteiger partial charge in [0.15, 0.2) is 0 Å². The molecule has 0 fully saturated rings. The second-order valence-electron chi connectivity index (χ2n) is 7.36. The van der Waals surface area contributed by atoms with E-state index in [1.165, 1.54) is 5.56 Å². The fourth-order valence-electron chi connectivity index (χ4n) is 4.18. The quantitative estimate of drug-likeness (QED) is 0.689. The first-order valence-electron chi connectivity index (χ1n) is 9.62. The van der Waals surface area contributed by atoms with Gasteiger partial charge in [-0.05, 0) is 36.6 Å². The van der Waals surface area contributed by atoms with Gasteiger partial charge in [0.1, 0.15) is 17.7 Å². The number of aromatic nitrogens is 4. The third kappa shape index (κ3) is 2.78. The van der Waals surface area contributed by atoms with Gasteiger partial charge in [0.2, 0.25) is 0 Å². The van der Waals surface area contributed by atoms with Crippen LogP contribution in [0.15, 0.2) is 36.8 Å². The molecule has 7 heteroatoms. The Hall–Kier alpha value is -3.40. The van der Waals surface area contributed by atoms with Crippen molar-refractivity contribution in [3.63, 3.8) is 0 Å². The summed E-state index contributed by atoms with van der Waals surface area (Å²) in [6.07, 6.45) is 7.48. The highest BCUT2D eigenvalue weighted by molar-refractivity contribution is 5.62. The molecule has 0 spiro atoms. The fourth-order valence-corrected chi connectivity index (χ4v) is 4.18. The molecule has 0 radical (unpaired) electrons. The molecule has 0 amide bonds. The van der Waals surface area contributed by atoms with Gasteiger partial charge < -0.3 is 9.80 Å². The molecule has 0 aromatic carbocycles. The van der Waals surface area contributed by atoms with E-state index in [1.807, 2.05) is 25.4 Å².